The van der Waals surface area contributed by atoms with Gasteiger partial charge in [0.1, 0.15) is 0 Å². The van der Waals surface area contributed by atoms with Gasteiger partial charge < -0.3 is 5.32 Å². The van der Waals surface area contributed by atoms with Crippen LogP contribution >= 0.6 is 46.4 Å². The number of benzene rings is 3. The van der Waals surface area contributed by atoms with Crippen molar-refractivity contribution in [3.8, 4) is 17.1 Å². The van der Waals surface area contributed by atoms with E-state index in [-0.39, 0.29) is 5.82 Å². The third-order valence-corrected chi connectivity index (χ3v) is 5.40. The molecular weight excluding hydrogens is 466 g/mol. The smallest absolute Gasteiger partial charge is 0.295 e. The molecule has 150 valence electrons. The van der Waals surface area contributed by atoms with Crippen molar-refractivity contribution in [1.29, 1.82) is 0 Å². The fraction of sp³-hybridized carbons (Fsp3) is 0. The molecule has 30 heavy (non-hydrogen) atoms. The van der Waals surface area contributed by atoms with Crippen molar-refractivity contribution in [1.82, 2.24) is 14.8 Å². The molecule has 0 saturated heterocycles. The van der Waals surface area contributed by atoms with Gasteiger partial charge in [-0.15, -0.1) is 5.10 Å². The Morgan fingerprint density at radius 3 is 2.07 bits per heavy atom. The van der Waals surface area contributed by atoms with Crippen LogP contribution in [0.1, 0.15) is 10.6 Å². The molecule has 0 atom stereocenters. The number of amides is 1. The van der Waals surface area contributed by atoms with Crippen LogP contribution in [0.3, 0.4) is 0 Å². The Balaban J connectivity index is 1.74. The van der Waals surface area contributed by atoms with Crippen molar-refractivity contribution < 1.29 is 4.79 Å². The predicted molar refractivity (Wildman–Crippen MR) is 121 cm³/mol. The molecule has 0 saturated carbocycles. The number of hydrogen-bond acceptors (Lipinski definition) is 3. The van der Waals surface area contributed by atoms with Gasteiger partial charge in [-0.3, -0.25) is 4.79 Å². The van der Waals surface area contributed by atoms with E-state index in [1.807, 2.05) is 0 Å². The number of anilines is 1. The van der Waals surface area contributed by atoms with E-state index in [0.717, 1.165) is 5.56 Å². The third kappa shape index (κ3) is 4.45. The van der Waals surface area contributed by atoms with E-state index in [0.29, 0.717) is 37.3 Å². The highest BCUT2D eigenvalue weighted by molar-refractivity contribution is 6.42. The quantitative estimate of drug-likeness (QED) is 0.351. The Hall–Kier alpha value is -2.57. The van der Waals surface area contributed by atoms with Crippen LogP contribution in [0.2, 0.25) is 20.1 Å². The zero-order valence-electron chi connectivity index (χ0n) is 15.1. The zero-order valence-corrected chi connectivity index (χ0v) is 18.1. The minimum absolute atomic E-state index is 0.0130. The van der Waals surface area contributed by atoms with E-state index in [1.165, 1.54) is 0 Å². The third-order valence-electron chi connectivity index (χ3n) is 4.16. The minimum Gasteiger partial charge on any atom is -0.319 e. The SMILES string of the molecule is O=C(Nc1ccc(Cl)c(Cl)c1)c1nc(-c2ccc(Cl)cc2)n(-c2ccc(Cl)cc2)n1. The second-order valence-corrected chi connectivity index (χ2v) is 7.92. The first-order valence-corrected chi connectivity index (χ1v) is 10.2. The van der Waals surface area contributed by atoms with Gasteiger partial charge in [-0.25, -0.2) is 9.67 Å². The van der Waals surface area contributed by atoms with Gasteiger partial charge in [0.25, 0.3) is 5.91 Å². The molecule has 1 aromatic heterocycles. The molecule has 0 aliphatic rings. The fourth-order valence-electron chi connectivity index (χ4n) is 2.72. The summed E-state index contributed by atoms with van der Waals surface area (Å²) in [5.74, 6) is -0.0226. The maximum absolute atomic E-state index is 12.8. The van der Waals surface area contributed by atoms with Crippen LogP contribution in [0.25, 0.3) is 17.1 Å². The van der Waals surface area contributed by atoms with E-state index in [9.17, 15) is 4.79 Å². The molecule has 0 spiro atoms. The summed E-state index contributed by atoms with van der Waals surface area (Å²) in [6, 6.07) is 18.9. The van der Waals surface area contributed by atoms with E-state index in [1.54, 1.807) is 71.4 Å². The Labute approximate surface area is 192 Å². The fourth-order valence-corrected chi connectivity index (χ4v) is 3.27. The monoisotopic (exact) mass is 476 g/mol. The standard InChI is InChI=1S/C21H12Cl4N4O/c22-13-3-1-12(2-4-13)20-27-19(28-29(20)16-8-5-14(23)6-9-16)21(30)26-15-7-10-17(24)18(25)11-15/h1-11H,(H,26,30). The molecule has 4 rings (SSSR count). The number of carbonyl (C=O) groups is 1. The number of nitrogens with one attached hydrogen (secondary N) is 1. The molecule has 9 heteroatoms. The average molecular weight is 478 g/mol. The van der Waals surface area contributed by atoms with Crippen molar-refractivity contribution >= 4 is 58.0 Å². The van der Waals surface area contributed by atoms with Crippen molar-refractivity contribution in [2.75, 3.05) is 5.32 Å². The molecular formula is C21H12Cl4N4O. The molecule has 3 aromatic carbocycles. The summed E-state index contributed by atoms with van der Waals surface area (Å²) in [4.78, 5) is 17.2. The maximum atomic E-state index is 12.8. The summed E-state index contributed by atoms with van der Waals surface area (Å²) in [6.45, 7) is 0. The number of nitrogens with zero attached hydrogens (tertiary/aromatic N) is 3. The Bertz CT molecular complexity index is 1160. The summed E-state index contributed by atoms with van der Waals surface area (Å²) in [5, 5.41) is 9.03. The largest absolute Gasteiger partial charge is 0.319 e. The maximum Gasteiger partial charge on any atom is 0.295 e. The molecule has 0 aliphatic heterocycles. The Kier molecular flexibility index (Phi) is 5.97. The average Bonchev–Trinajstić information content (AvgIpc) is 3.17. The predicted octanol–water partition coefficient (Wildman–Crippen LogP) is 6.80. The van der Waals surface area contributed by atoms with E-state index in [4.69, 9.17) is 46.4 Å². The van der Waals surface area contributed by atoms with Crippen LogP contribution in [0.15, 0.2) is 66.7 Å². The highest BCUT2D eigenvalue weighted by Crippen LogP contribution is 2.26. The van der Waals surface area contributed by atoms with Gasteiger partial charge in [0.2, 0.25) is 5.82 Å². The van der Waals surface area contributed by atoms with Gasteiger partial charge in [-0.1, -0.05) is 46.4 Å². The second kappa shape index (κ2) is 8.66. The van der Waals surface area contributed by atoms with E-state index >= 15 is 0 Å². The van der Waals surface area contributed by atoms with Gasteiger partial charge in [-0.05, 0) is 66.7 Å². The molecule has 0 aliphatic carbocycles. The van der Waals surface area contributed by atoms with Crippen LogP contribution < -0.4 is 5.32 Å². The number of carbonyl (C=O) groups excluding carboxylic acids is 1. The van der Waals surface area contributed by atoms with E-state index in [2.05, 4.69) is 15.4 Å². The van der Waals surface area contributed by atoms with E-state index < -0.39 is 5.91 Å². The lowest BCUT2D eigenvalue weighted by Gasteiger charge is -2.06. The summed E-state index contributed by atoms with van der Waals surface area (Å²) >= 11 is 23.9. The Morgan fingerprint density at radius 2 is 1.43 bits per heavy atom. The molecule has 0 bridgehead atoms. The zero-order chi connectivity index (χ0) is 21.3. The molecule has 5 nitrogen and oxygen atoms in total. The van der Waals surface area contributed by atoms with Crippen LogP contribution in [0, 0.1) is 0 Å². The molecule has 0 radical (unpaired) electrons. The number of aromatic nitrogens is 3. The summed E-state index contributed by atoms with van der Waals surface area (Å²) in [5.41, 5.74) is 1.92. The number of halogens is 4. The first kappa shape index (κ1) is 20.7. The lowest BCUT2D eigenvalue weighted by atomic mass is 10.2. The Morgan fingerprint density at radius 1 is 0.800 bits per heavy atom. The van der Waals surface area contributed by atoms with Crippen LogP contribution in [-0.2, 0) is 0 Å². The molecule has 4 aromatic rings. The highest BCUT2D eigenvalue weighted by Gasteiger charge is 2.19. The molecule has 1 heterocycles. The lowest BCUT2D eigenvalue weighted by molar-refractivity contribution is 0.101. The first-order chi connectivity index (χ1) is 14.4. The second-order valence-electron chi connectivity index (χ2n) is 6.24. The highest BCUT2D eigenvalue weighted by atomic mass is 35.5. The van der Waals surface area contributed by atoms with Crippen molar-refractivity contribution in [2.24, 2.45) is 0 Å². The van der Waals surface area contributed by atoms with Crippen LogP contribution in [0.5, 0.6) is 0 Å². The van der Waals surface area contributed by atoms with Crippen molar-refractivity contribution in [3.05, 3.63) is 92.6 Å². The van der Waals surface area contributed by atoms with Gasteiger partial charge in [0.05, 0.1) is 15.7 Å². The van der Waals surface area contributed by atoms with Gasteiger partial charge in [-0.2, -0.15) is 0 Å². The van der Waals surface area contributed by atoms with Gasteiger partial charge >= 0.3 is 0 Å². The van der Waals surface area contributed by atoms with Crippen LogP contribution in [-0.4, -0.2) is 20.7 Å². The molecule has 0 fully saturated rings. The topological polar surface area (TPSA) is 59.8 Å². The van der Waals surface area contributed by atoms with Gasteiger partial charge in [0.15, 0.2) is 5.82 Å². The minimum atomic E-state index is -0.490. The molecule has 1 N–H and O–H groups in total. The van der Waals surface area contributed by atoms with Crippen molar-refractivity contribution in [3.63, 3.8) is 0 Å². The van der Waals surface area contributed by atoms with Crippen LogP contribution in [0.4, 0.5) is 5.69 Å². The summed E-state index contributed by atoms with van der Waals surface area (Å²) in [6.07, 6.45) is 0. The first-order valence-electron chi connectivity index (χ1n) is 8.66. The normalized spacial score (nSPS) is 10.8. The van der Waals surface area contributed by atoms with Crippen molar-refractivity contribution in [2.45, 2.75) is 0 Å². The summed E-state index contributed by atoms with van der Waals surface area (Å²) in [7, 11) is 0. The lowest BCUT2D eigenvalue weighted by Crippen LogP contribution is -2.14. The van der Waals surface area contributed by atoms with Gasteiger partial charge in [0, 0.05) is 21.3 Å². The molecule has 1 amide bonds. The summed E-state index contributed by atoms with van der Waals surface area (Å²) < 4.78 is 1.57. The molecule has 0 unspecified atom stereocenters. The number of rotatable bonds is 4. The number of hydrogen-bond donors (Lipinski definition) is 1.